The number of hydrogen-bond acceptors (Lipinski definition) is 3. The summed E-state index contributed by atoms with van der Waals surface area (Å²) >= 11 is 0. The van der Waals surface area contributed by atoms with Crippen molar-refractivity contribution in [1.82, 2.24) is 5.32 Å². The molecule has 1 unspecified atom stereocenters. The minimum atomic E-state index is -1.58. The molecule has 0 radical (unpaired) electrons. The lowest BCUT2D eigenvalue weighted by Crippen LogP contribution is -2.47. The fourth-order valence-electron chi connectivity index (χ4n) is 2.20. The lowest BCUT2D eigenvalue weighted by Gasteiger charge is -2.17. The summed E-state index contributed by atoms with van der Waals surface area (Å²) in [7, 11) is -1.58. The van der Waals surface area contributed by atoms with Gasteiger partial charge in [-0.2, -0.15) is 0 Å². The average Bonchev–Trinajstić information content (AvgIpc) is 2.37. The molecular formula is C14H16BNO3. The van der Waals surface area contributed by atoms with Crippen molar-refractivity contribution in [3.8, 4) is 0 Å². The molecule has 2 aromatic rings. The highest BCUT2D eigenvalue weighted by Gasteiger charge is 2.24. The minimum absolute atomic E-state index is 0.279. The number of rotatable bonds is 4. The van der Waals surface area contributed by atoms with Crippen molar-refractivity contribution < 1.29 is 14.8 Å². The molecule has 0 aliphatic heterocycles. The molecule has 0 aliphatic rings. The van der Waals surface area contributed by atoms with E-state index in [2.05, 4.69) is 5.32 Å². The molecule has 0 fully saturated rings. The van der Waals surface area contributed by atoms with E-state index in [1.165, 1.54) is 6.92 Å². The first-order chi connectivity index (χ1) is 9.08. The highest BCUT2D eigenvalue weighted by atomic mass is 16.4. The summed E-state index contributed by atoms with van der Waals surface area (Å²) in [5, 5.41) is 23.4. The van der Waals surface area contributed by atoms with E-state index in [-0.39, 0.29) is 5.91 Å². The molecule has 2 rings (SSSR count). The van der Waals surface area contributed by atoms with E-state index in [0.29, 0.717) is 6.42 Å². The second kappa shape index (κ2) is 5.86. The number of nitrogens with one attached hydrogen (secondary N) is 1. The van der Waals surface area contributed by atoms with Gasteiger partial charge in [-0.25, -0.2) is 0 Å². The molecule has 2 aromatic carbocycles. The second-order valence-corrected chi connectivity index (χ2v) is 4.56. The van der Waals surface area contributed by atoms with E-state index < -0.39 is 13.1 Å². The predicted molar refractivity (Wildman–Crippen MR) is 75.4 cm³/mol. The standard InChI is InChI=1S/C14H16BNO3/c1-10(17)16-14(15(18)19)9-12-7-4-6-11-5-2-3-8-13(11)12/h2-8,14,18-19H,9H2,1H3,(H,16,17). The molecule has 0 spiro atoms. The van der Waals surface area contributed by atoms with Gasteiger partial charge in [0.2, 0.25) is 5.91 Å². The van der Waals surface area contributed by atoms with E-state index in [4.69, 9.17) is 0 Å². The van der Waals surface area contributed by atoms with Gasteiger partial charge in [0.05, 0.1) is 5.94 Å². The summed E-state index contributed by atoms with van der Waals surface area (Å²) in [6.07, 6.45) is 0.374. The Kier molecular flexibility index (Phi) is 4.19. The Morgan fingerprint density at radius 3 is 2.58 bits per heavy atom. The van der Waals surface area contributed by atoms with Crippen molar-refractivity contribution in [3.63, 3.8) is 0 Å². The Morgan fingerprint density at radius 2 is 1.89 bits per heavy atom. The lowest BCUT2D eigenvalue weighted by molar-refractivity contribution is -0.119. The zero-order valence-electron chi connectivity index (χ0n) is 10.7. The Balaban J connectivity index is 2.31. The van der Waals surface area contributed by atoms with Crippen LogP contribution in [0.25, 0.3) is 10.8 Å². The van der Waals surface area contributed by atoms with Crippen molar-refractivity contribution in [2.45, 2.75) is 19.3 Å². The van der Waals surface area contributed by atoms with Gasteiger partial charge in [-0.15, -0.1) is 0 Å². The van der Waals surface area contributed by atoms with Crippen LogP contribution in [0, 0.1) is 0 Å². The summed E-state index contributed by atoms with van der Waals surface area (Å²) < 4.78 is 0. The summed E-state index contributed by atoms with van der Waals surface area (Å²) in [4.78, 5) is 11.1. The first kappa shape index (κ1) is 13.6. The maximum absolute atomic E-state index is 11.1. The summed E-state index contributed by atoms with van der Waals surface area (Å²) in [5.41, 5.74) is 0.977. The number of hydrogen-bond donors (Lipinski definition) is 3. The quantitative estimate of drug-likeness (QED) is 0.713. The molecule has 4 nitrogen and oxygen atoms in total. The highest BCUT2D eigenvalue weighted by molar-refractivity contribution is 6.43. The van der Waals surface area contributed by atoms with Crippen molar-refractivity contribution in [3.05, 3.63) is 48.0 Å². The normalized spacial score (nSPS) is 12.2. The van der Waals surface area contributed by atoms with Gasteiger partial charge in [0.15, 0.2) is 0 Å². The molecule has 0 aromatic heterocycles. The molecule has 3 N–H and O–H groups in total. The maximum Gasteiger partial charge on any atom is 0.475 e. The van der Waals surface area contributed by atoms with Crippen LogP contribution in [0.4, 0.5) is 0 Å². The lowest BCUT2D eigenvalue weighted by atomic mass is 9.75. The van der Waals surface area contributed by atoms with Crippen LogP contribution in [0.3, 0.4) is 0 Å². The molecule has 0 saturated carbocycles. The molecule has 1 atom stereocenters. The first-order valence-electron chi connectivity index (χ1n) is 6.18. The van der Waals surface area contributed by atoms with E-state index in [1.807, 2.05) is 42.5 Å². The van der Waals surface area contributed by atoms with Crippen LogP contribution in [-0.2, 0) is 11.2 Å². The SMILES string of the molecule is CC(=O)NC(Cc1cccc2ccccc12)B(O)O. The van der Waals surface area contributed by atoms with Gasteiger partial charge < -0.3 is 15.4 Å². The number of amides is 1. The van der Waals surface area contributed by atoms with Gasteiger partial charge in [-0.05, 0) is 22.8 Å². The second-order valence-electron chi connectivity index (χ2n) is 4.56. The fraction of sp³-hybridized carbons (Fsp3) is 0.214. The topological polar surface area (TPSA) is 69.6 Å². The molecule has 0 bridgehead atoms. The predicted octanol–water partition coefficient (Wildman–Crippen LogP) is 0.899. The van der Waals surface area contributed by atoms with Crippen molar-refractivity contribution in [2.24, 2.45) is 0 Å². The highest BCUT2D eigenvalue weighted by Crippen LogP contribution is 2.19. The smallest absolute Gasteiger partial charge is 0.426 e. The maximum atomic E-state index is 11.1. The van der Waals surface area contributed by atoms with Crippen molar-refractivity contribution in [1.29, 1.82) is 0 Å². The zero-order chi connectivity index (χ0) is 13.8. The van der Waals surface area contributed by atoms with Gasteiger partial charge in [0.25, 0.3) is 0 Å². The molecule has 1 amide bonds. The summed E-state index contributed by atoms with van der Waals surface area (Å²) in [6.45, 7) is 1.36. The molecular weight excluding hydrogens is 241 g/mol. The fourth-order valence-corrected chi connectivity index (χ4v) is 2.20. The number of fused-ring (bicyclic) bond motifs is 1. The number of carbonyl (C=O) groups is 1. The molecule has 0 heterocycles. The van der Waals surface area contributed by atoms with Crippen LogP contribution in [0.1, 0.15) is 12.5 Å². The Bertz CT molecular complexity index is 580. The first-order valence-corrected chi connectivity index (χ1v) is 6.18. The van der Waals surface area contributed by atoms with Gasteiger partial charge in [-0.1, -0.05) is 42.5 Å². The summed E-state index contributed by atoms with van der Waals surface area (Å²) in [5.74, 6) is -0.985. The average molecular weight is 257 g/mol. The van der Waals surface area contributed by atoms with Crippen LogP contribution in [-0.4, -0.2) is 29.0 Å². The summed E-state index contributed by atoms with van der Waals surface area (Å²) in [6, 6.07) is 13.7. The van der Waals surface area contributed by atoms with Gasteiger partial charge in [-0.3, -0.25) is 4.79 Å². The van der Waals surface area contributed by atoms with Crippen LogP contribution in [0.2, 0.25) is 0 Å². The third-order valence-electron chi connectivity index (χ3n) is 3.07. The number of benzene rings is 2. The zero-order valence-corrected chi connectivity index (χ0v) is 10.7. The molecule has 0 aliphatic carbocycles. The third-order valence-corrected chi connectivity index (χ3v) is 3.07. The van der Waals surface area contributed by atoms with Crippen molar-refractivity contribution in [2.75, 3.05) is 0 Å². The van der Waals surface area contributed by atoms with Crippen LogP contribution in [0.5, 0.6) is 0 Å². The molecule has 19 heavy (non-hydrogen) atoms. The van der Waals surface area contributed by atoms with Crippen LogP contribution in [0.15, 0.2) is 42.5 Å². The molecule has 5 heteroatoms. The van der Waals surface area contributed by atoms with Gasteiger partial charge in [0, 0.05) is 6.92 Å². The largest absolute Gasteiger partial charge is 0.475 e. The molecule has 0 saturated heterocycles. The number of carbonyl (C=O) groups excluding carboxylic acids is 1. The monoisotopic (exact) mass is 257 g/mol. The van der Waals surface area contributed by atoms with Crippen LogP contribution >= 0.6 is 0 Å². The van der Waals surface area contributed by atoms with Gasteiger partial charge >= 0.3 is 7.12 Å². The van der Waals surface area contributed by atoms with E-state index in [9.17, 15) is 14.8 Å². The van der Waals surface area contributed by atoms with E-state index >= 15 is 0 Å². The Labute approximate surface area is 112 Å². The third kappa shape index (κ3) is 3.33. The van der Waals surface area contributed by atoms with E-state index in [1.54, 1.807) is 0 Å². The molecule has 98 valence electrons. The van der Waals surface area contributed by atoms with E-state index in [0.717, 1.165) is 16.3 Å². The van der Waals surface area contributed by atoms with Crippen LogP contribution < -0.4 is 5.32 Å². The van der Waals surface area contributed by atoms with Gasteiger partial charge in [0.1, 0.15) is 0 Å². The Hall–Kier alpha value is -1.85. The van der Waals surface area contributed by atoms with Crippen molar-refractivity contribution >= 4 is 23.8 Å². The minimum Gasteiger partial charge on any atom is -0.426 e. The Morgan fingerprint density at radius 1 is 1.21 bits per heavy atom.